The SMILES string of the molecule is CC(C)c1c(CCN)cc(Br)c2c1OCCO2. The lowest BCUT2D eigenvalue weighted by atomic mass is 9.93. The van der Waals surface area contributed by atoms with E-state index in [2.05, 4.69) is 35.8 Å². The predicted molar refractivity (Wildman–Crippen MR) is 72.0 cm³/mol. The van der Waals surface area contributed by atoms with Crippen molar-refractivity contribution in [1.29, 1.82) is 0 Å². The smallest absolute Gasteiger partial charge is 0.175 e. The Labute approximate surface area is 110 Å². The molecule has 2 N–H and O–H groups in total. The van der Waals surface area contributed by atoms with Gasteiger partial charge >= 0.3 is 0 Å². The van der Waals surface area contributed by atoms with Gasteiger partial charge in [-0.05, 0) is 46.4 Å². The molecule has 1 heterocycles. The van der Waals surface area contributed by atoms with Crippen LogP contribution >= 0.6 is 15.9 Å². The highest BCUT2D eigenvalue weighted by atomic mass is 79.9. The van der Waals surface area contributed by atoms with Gasteiger partial charge in [0.15, 0.2) is 11.5 Å². The Morgan fingerprint density at radius 2 is 1.94 bits per heavy atom. The zero-order valence-corrected chi connectivity index (χ0v) is 11.8. The maximum absolute atomic E-state index is 5.79. The van der Waals surface area contributed by atoms with E-state index in [0.29, 0.717) is 25.7 Å². The molecule has 17 heavy (non-hydrogen) atoms. The second kappa shape index (κ2) is 5.27. The first-order valence-corrected chi connectivity index (χ1v) is 6.75. The topological polar surface area (TPSA) is 44.5 Å². The Bertz CT molecular complexity index is 418. The highest BCUT2D eigenvalue weighted by molar-refractivity contribution is 9.10. The van der Waals surface area contributed by atoms with E-state index in [9.17, 15) is 0 Å². The van der Waals surface area contributed by atoms with Crippen molar-refractivity contribution in [2.75, 3.05) is 19.8 Å². The minimum Gasteiger partial charge on any atom is -0.486 e. The van der Waals surface area contributed by atoms with Crippen molar-refractivity contribution >= 4 is 15.9 Å². The molecule has 0 saturated carbocycles. The van der Waals surface area contributed by atoms with Crippen LogP contribution in [-0.4, -0.2) is 19.8 Å². The fourth-order valence-electron chi connectivity index (χ4n) is 2.23. The maximum Gasteiger partial charge on any atom is 0.175 e. The van der Waals surface area contributed by atoms with Crippen LogP contribution in [0.3, 0.4) is 0 Å². The van der Waals surface area contributed by atoms with Crippen LogP contribution in [0.5, 0.6) is 11.5 Å². The van der Waals surface area contributed by atoms with Crippen molar-refractivity contribution in [3.8, 4) is 11.5 Å². The van der Waals surface area contributed by atoms with Gasteiger partial charge in [0.25, 0.3) is 0 Å². The third kappa shape index (κ3) is 2.43. The molecule has 0 bridgehead atoms. The fourth-order valence-corrected chi connectivity index (χ4v) is 2.80. The van der Waals surface area contributed by atoms with Crippen molar-refractivity contribution in [2.24, 2.45) is 5.73 Å². The molecule has 0 aliphatic carbocycles. The van der Waals surface area contributed by atoms with E-state index in [4.69, 9.17) is 15.2 Å². The lowest BCUT2D eigenvalue weighted by Crippen LogP contribution is -2.19. The number of hydrogen-bond donors (Lipinski definition) is 1. The summed E-state index contributed by atoms with van der Waals surface area (Å²) in [6.07, 6.45) is 0.864. The number of nitrogens with two attached hydrogens (primary N) is 1. The summed E-state index contributed by atoms with van der Waals surface area (Å²) in [5, 5.41) is 0. The third-order valence-electron chi connectivity index (χ3n) is 2.88. The van der Waals surface area contributed by atoms with Gasteiger partial charge in [0, 0.05) is 5.56 Å². The molecule has 1 aromatic rings. The molecule has 1 aliphatic heterocycles. The highest BCUT2D eigenvalue weighted by Crippen LogP contribution is 2.45. The minimum atomic E-state index is 0.403. The van der Waals surface area contributed by atoms with Crippen LogP contribution < -0.4 is 15.2 Å². The monoisotopic (exact) mass is 299 g/mol. The van der Waals surface area contributed by atoms with Crippen LogP contribution in [0.25, 0.3) is 0 Å². The fraction of sp³-hybridized carbons (Fsp3) is 0.538. The van der Waals surface area contributed by atoms with Gasteiger partial charge in [-0.15, -0.1) is 0 Å². The van der Waals surface area contributed by atoms with Crippen molar-refractivity contribution in [3.05, 3.63) is 21.7 Å². The van der Waals surface area contributed by atoms with E-state index in [-0.39, 0.29) is 0 Å². The summed E-state index contributed by atoms with van der Waals surface area (Å²) in [6.45, 7) is 6.21. The predicted octanol–water partition coefficient (Wildman–Crippen LogP) is 2.84. The van der Waals surface area contributed by atoms with Crippen LogP contribution in [0.2, 0.25) is 0 Å². The van der Waals surface area contributed by atoms with Crippen LogP contribution in [0, 0.1) is 0 Å². The van der Waals surface area contributed by atoms with Crippen LogP contribution in [0.1, 0.15) is 30.9 Å². The average molecular weight is 300 g/mol. The molecule has 0 saturated heterocycles. The number of hydrogen-bond acceptors (Lipinski definition) is 3. The van der Waals surface area contributed by atoms with Gasteiger partial charge in [0.05, 0.1) is 4.47 Å². The largest absolute Gasteiger partial charge is 0.486 e. The van der Waals surface area contributed by atoms with Crippen LogP contribution in [0.15, 0.2) is 10.5 Å². The molecule has 0 atom stereocenters. The van der Waals surface area contributed by atoms with E-state index in [1.807, 2.05) is 0 Å². The summed E-state index contributed by atoms with van der Waals surface area (Å²) in [5.41, 5.74) is 8.15. The molecule has 0 radical (unpaired) electrons. The molecular weight excluding hydrogens is 282 g/mol. The van der Waals surface area contributed by atoms with Gasteiger partial charge in [0.1, 0.15) is 13.2 Å². The Morgan fingerprint density at radius 1 is 1.29 bits per heavy atom. The molecule has 0 unspecified atom stereocenters. The molecule has 94 valence electrons. The van der Waals surface area contributed by atoms with E-state index in [1.54, 1.807) is 0 Å². The number of halogens is 1. The van der Waals surface area contributed by atoms with Gasteiger partial charge in [-0.1, -0.05) is 13.8 Å². The first-order valence-electron chi connectivity index (χ1n) is 5.96. The second-order valence-corrected chi connectivity index (χ2v) is 5.33. The molecule has 0 fully saturated rings. The molecule has 4 heteroatoms. The second-order valence-electron chi connectivity index (χ2n) is 4.48. The molecule has 2 rings (SSSR count). The quantitative estimate of drug-likeness (QED) is 0.933. The standard InChI is InChI=1S/C13H18BrNO2/c1-8(2)11-9(3-4-15)7-10(14)12-13(11)17-6-5-16-12/h7-8H,3-6,15H2,1-2H3. The Balaban J connectivity index is 2.58. The van der Waals surface area contributed by atoms with E-state index < -0.39 is 0 Å². The molecule has 1 aromatic carbocycles. The summed E-state index contributed by atoms with van der Waals surface area (Å²) >= 11 is 3.54. The van der Waals surface area contributed by atoms with Gasteiger partial charge in [-0.25, -0.2) is 0 Å². The van der Waals surface area contributed by atoms with Crippen molar-refractivity contribution in [3.63, 3.8) is 0 Å². The van der Waals surface area contributed by atoms with Crippen LogP contribution in [-0.2, 0) is 6.42 Å². The zero-order chi connectivity index (χ0) is 12.4. The Morgan fingerprint density at radius 3 is 2.53 bits per heavy atom. The first kappa shape index (κ1) is 12.7. The zero-order valence-electron chi connectivity index (χ0n) is 10.3. The summed E-state index contributed by atoms with van der Waals surface area (Å²) in [4.78, 5) is 0. The highest BCUT2D eigenvalue weighted by Gasteiger charge is 2.23. The van der Waals surface area contributed by atoms with Crippen molar-refractivity contribution in [1.82, 2.24) is 0 Å². The van der Waals surface area contributed by atoms with Gasteiger partial charge < -0.3 is 15.2 Å². The van der Waals surface area contributed by atoms with Gasteiger partial charge in [-0.3, -0.25) is 0 Å². The van der Waals surface area contributed by atoms with Crippen molar-refractivity contribution in [2.45, 2.75) is 26.2 Å². The number of rotatable bonds is 3. The maximum atomic E-state index is 5.79. The summed E-state index contributed by atoms with van der Waals surface area (Å²) in [5.74, 6) is 2.13. The lowest BCUT2D eigenvalue weighted by molar-refractivity contribution is 0.168. The van der Waals surface area contributed by atoms with E-state index in [1.165, 1.54) is 11.1 Å². The average Bonchev–Trinajstić information content (AvgIpc) is 2.29. The summed E-state index contributed by atoms with van der Waals surface area (Å²) in [7, 11) is 0. The molecular formula is C13H18BrNO2. The number of ether oxygens (including phenoxy) is 2. The van der Waals surface area contributed by atoms with Crippen molar-refractivity contribution < 1.29 is 9.47 Å². The third-order valence-corrected chi connectivity index (χ3v) is 3.47. The first-order chi connectivity index (χ1) is 8.15. The normalized spacial score (nSPS) is 14.2. The summed E-state index contributed by atoms with van der Waals surface area (Å²) in [6, 6.07) is 2.11. The lowest BCUT2D eigenvalue weighted by Gasteiger charge is -2.26. The number of benzene rings is 1. The molecule has 0 spiro atoms. The van der Waals surface area contributed by atoms with Crippen LogP contribution in [0.4, 0.5) is 0 Å². The van der Waals surface area contributed by atoms with Gasteiger partial charge in [0.2, 0.25) is 0 Å². The van der Waals surface area contributed by atoms with Gasteiger partial charge in [-0.2, -0.15) is 0 Å². The summed E-state index contributed by atoms with van der Waals surface area (Å²) < 4.78 is 12.4. The van der Waals surface area contributed by atoms with E-state index >= 15 is 0 Å². The molecule has 1 aliphatic rings. The minimum absolute atomic E-state index is 0.403. The van der Waals surface area contributed by atoms with E-state index in [0.717, 1.165) is 22.4 Å². The molecule has 0 amide bonds. The molecule has 3 nitrogen and oxygen atoms in total. The Hall–Kier alpha value is -0.740. The number of fused-ring (bicyclic) bond motifs is 1. The Kier molecular flexibility index (Phi) is 3.94. The molecule has 0 aromatic heterocycles.